The Morgan fingerprint density at radius 3 is 2.52 bits per heavy atom. The number of nitrogens with zero attached hydrogens (tertiary/aromatic N) is 2. The van der Waals surface area contributed by atoms with Crippen molar-refractivity contribution in [3.63, 3.8) is 0 Å². The second-order valence-electron chi connectivity index (χ2n) is 6.77. The molecule has 0 atom stereocenters. The van der Waals surface area contributed by atoms with Gasteiger partial charge in [0.25, 0.3) is 5.91 Å². The van der Waals surface area contributed by atoms with Crippen LogP contribution in [0.25, 0.3) is 11.3 Å². The predicted molar refractivity (Wildman–Crippen MR) is 123 cm³/mol. The van der Waals surface area contributed by atoms with E-state index in [4.69, 9.17) is 4.74 Å². The van der Waals surface area contributed by atoms with Crippen molar-refractivity contribution in [2.24, 2.45) is 0 Å². The zero-order valence-electron chi connectivity index (χ0n) is 17.0. The fourth-order valence-electron chi connectivity index (χ4n) is 3.01. The van der Waals surface area contributed by atoms with Gasteiger partial charge in [-0.05, 0) is 42.2 Å². The van der Waals surface area contributed by atoms with Crippen LogP contribution >= 0.6 is 11.8 Å². The molecule has 1 N–H and O–H groups in total. The van der Waals surface area contributed by atoms with E-state index in [1.807, 2.05) is 60.9 Å². The second-order valence-corrected chi connectivity index (χ2v) is 7.65. The van der Waals surface area contributed by atoms with Crippen LogP contribution in [0.4, 0.5) is 0 Å². The Bertz CT molecular complexity index is 1160. The zero-order chi connectivity index (χ0) is 21.5. The van der Waals surface area contributed by atoms with Crippen LogP contribution in [0.3, 0.4) is 0 Å². The summed E-state index contributed by atoms with van der Waals surface area (Å²) in [5.41, 5.74) is 3.32. The minimum absolute atomic E-state index is 0.160. The van der Waals surface area contributed by atoms with Gasteiger partial charge < -0.3 is 10.1 Å². The highest BCUT2D eigenvalue weighted by Gasteiger charge is 2.09. The largest absolute Gasteiger partial charge is 0.439 e. The highest BCUT2D eigenvalue weighted by atomic mass is 32.2. The van der Waals surface area contributed by atoms with E-state index in [0.29, 0.717) is 23.7 Å². The first-order chi connectivity index (χ1) is 15.2. The lowest BCUT2D eigenvalue weighted by Crippen LogP contribution is -2.22. The minimum Gasteiger partial charge on any atom is -0.439 e. The van der Waals surface area contributed by atoms with Crippen molar-refractivity contribution in [1.82, 2.24) is 15.3 Å². The van der Waals surface area contributed by atoms with Gasteiger partial charge in [-0.25, -0.2) is 9.97 Å². The smallest absolute Gasteiger partial charge is 0.251 e. The number of carbonyl (C=O) groups is 1. The molecule has 0 aliphatic carbocycles. The summed E-state index contributed by atoms with van der Waals surface area (Å²) in [4.78, 5) is 22.3. The van der Waals surface area contributed by atoms with E-state index in [1.165, 1.54) is 11.2 Å². The van der Waals surface area contributed by atoms with Crippen LogP contribution in [0, 0.1) is 0 Å². The Hall–Kier alpha value is -3.64. The molecule has 5 nitrogen and oxygen atoms in total. The van der Waals surface area contributed by atoms with E-state index in [1.54, 1.807) is 42.1 Å². The number of hydrogen-bond acceptors (Lipinski definition) is 5. The average molecular weight is 428 g/mol. The summed E-state index contributed by atoms with van der Waals surface area (Å²) >= 11 is 1.69. The first-order valence-corrected chi connectivity index (χ1v) is 11.0. The van der Waals surface area contributed by atoms with Crippen LogP contribution in [-0.4, -0.2) is 22.1 Å². The third-order valence-corrected chi connectivity index (χ3v) is 5.39. The zero-order valence-corrected chi connectivity index (χ0v) is 17.8. The molecule has 1 heterocycles. The molecule has 0 spiro atoms. The molecule has 154 valence electrons. The molecule has 1 aromatic heterocycles. The molecule has 0 fully saturated rings. The average Bonchev–Trinajstić information content (AvgIpc) is 2.84. The van der Waals surface area contributed by atoms with Crippen molar-refractivity contribution in [3.8, 4) is 22.9 Å². The summed E-state index contributed by atoms with van der Waals surface area (Å²) in [5, 5.41) is 2.95. The van der Waals surface area contributed by atoms with Crippen molar-refractivity contribution in [2.75, 3.05) is 6.26 Å². The number of thioether (sulfide) groups is 1. The third kappa shape index (κ3) is 5.49. The fraction of sp³-hybridized carbons (Fsp3) is 0.0800. The number of amides is 1. The summed E-state index contributed by atoms with van der Waals surface area (Å²) in [7, 11) is 0. The van der Waals surface area contributed by atoms with Gasteiger partial charge in [-0.1, -0.05) is 48.5 Å². The number of rotatable bonds is 7. The molecular formula is C25H21N3O2S. The minimum atomic E-state index is -0.160. The maximum atomic E-state index is 12.6. The molecule has 4 rings (SSSR count). The molecule has 0 aliphatic heterocycles. The molecule has 0 bridgehead atoms. The maximum Gasteiger partial charge on any atom is 0.251 e. The fourth-order valence-corrected chi connectivity index (χ4v) is 3.42. The molecule has 3 aromatic carbocycles. The normalized spacial score (nSPS) is 10.5. The van der Waals surface area contributed by atoms with Gasteiger partial charge in [-0.2, -0.15) is 0 Å². The number of nitrogens with one attached hydrogen (secondary N) is 1. The Labute approximate surface area is 185 Å². The molecule has 1 amide bonds. The van der Waals surface area contributed by atoms with Crippen LogP contribution in [-0.2, 0) is 6.54 Å². The first-order valence-electron chi connectivity index (χ1n) is 9.78. The Kier molecular flexibility index (Phi) is 6.59. The van der Waals surface area contributed by atoms with Crippen LogP contribution in [0.5, 0.6) is 11.6 Å². The Morgan fingerprint density at radius 2 is 1.74 bits per heavy atom. The molecule has 0 saturated carbocycles. The maximum absolute atomic E-state index is 12.6. The highest BCUT2D eigenvalue weighted by Crippen LogP contribution is 2.24. The summed E-state index contributed by atoms with van der Waals surface area (Å²) in [5.74, 6) is 0.794. The lowest BCUT2D eigenvalue weighted by Gasteiger charge is -2.09. The van der Waals surface area contributed by atoms with Crippen molar-refractivity contribution < 1.29 is 9.53 Å². The highest BCUT2D eigenvalue weighted by molar-refractivity contribution is 7.98. The molecule has 0 unspecified atom stereocenters. The van der Waals surface area contributed by atoms with Gasteiger partial charge in [0.05, 0.1) is 5.69 Å². The van der Waals surface area contributed by atoms with E-state index in [-0.39, 0.29) is 5.91 Å². The van der Waals surface area contributed by atoms with Crippen LogP contribution in [0.2, 0.25) is 0 Å². The number of hydrogen-bond donors (Lipinski definition) is 1. The second kappa shape index (κ2) is 9.91. The SMILES string of the molecule is CSc1ccc(CNC(=O)c2cccc(Oc3cc(-c4ccccc4)ncn3)c2)cc1. The van der Waals surface area contributed by atoms with E-state index in [9.17, 15) is 4.79 Å². The van der Waals surface area contributed by atoms with Gasteiger partial charge in [0.2, 0.25) is 5.88 Å². The monoisotopic (exact) mass is 427 g/mol. The van der Waals surface area contributed by atoms with Gasteiger partial charge in [0, 0.05) is 28.6 Å². The third-order valence-electron chi connectivity index (χ3n) is 4.64. The first kappa shape index (κ1) is 20.6. The van der Waals surface area contributed by atoms with E-state index in [2.05, 4.69) is 15.3 Å². The lowest BCUT2D eigenvalue weighted by atomic mass is 10.1. The summed E-state index contributed by atoms with van der Waals surface area (Å²) < 4.78 is 5.89. The van der Waals surface area contributed by atoms with Crippen molar-refractivity contribution in [2.45, 2.75) is 11.4 Å². The predicted octanol–water partition coefficient (Wildman–Crippen LogP) is 5.59. The Balaban J connectivity index is 1.42. The van der Waals surface area contributed by atoms with Crippen LogP contribution < -0.4 is 10.1 Å². The van der Waals surface area contributed by atoms with Crippen molar-refractivity contribution in [1.29, 1.82) is 0 Å². The quantitative estimate of drug-likeness (QED) is 0.390. The van der Waals surface area contributed by atoms with Gasteiger partial charge in [0.15, 0.2) is 0 Å². The Morgan fingerprint density at radius 1 is 0.935 bits per heavy atom. The van der Waals surface area contributed by atoms with Crippen molar-refractivity contribution in [3.05, 3.63) is 102 Å². The number of aromatic nitrogens is 2. The molecular weight excluding hydrogens is 406 g/mol. The summed E-state index contributed by atoms with van der Waals surface area (Å²) in [6.07, 6.45) is 3.51. The number of carbonyl (C=O) groups excluding carboxylic acids is 1. The van der Waals surface area contributed by atoms with E-state index >= 15 is 0 Å². The standard InChI is InChI=1S/C25H21N3O2S/c1-31-22-12-10-18(11-13-22)16-26-25(29)20-8-5-9-21(14-20)30-24-15-23(27-17-28-24)19-6-3-2-4-7-19/h2-15,17H,16H2,1H3,(H,26,29). The van der Waals surface area contributed by atoms with Gasteiger partial charge in [-0.3, -0.25) is 4.79 Å². The van der Waals surface area contributed by atoms with Gasteiger partial charge in [0.1, 0.15) is 12.1 Å². The van der Waals surface area contributed by atoms with Crippen molar-refractivity contribution >= 4 is 17.7 Å². The molecule has 0 radical (unpaired) electrons. The molecule has 4 aromatic rings. The van der Waals surface area contributed by atoms with E-state index < -0.39 is 0 Å². The van der Waals surface area contributed by atoms with Crippen LogP contribution in [0.15, 0.2) is 96.2 Å². The van der Waals surface area contributed by atoms with E-state index in [0.717, 1.165) is 16.8 Å². The topological polar surface area (TPSA) is 64.1 Å². The number of benzene rings is 3. The number of ether oxygens (including phenoxy) is 1. The molecule has 6 heteroatoms. The molecule has 0 aliphatic rings. The summed E-state index contributed by atoms with van der Waals surface area (Å²) in [6, 6.07) is 26.8. The van der Waals surface area contributed by atoms with Gasteiger partial charge in [-0.15, -0.1) is 11.8 Å². The summed E-state index contributed by atoms with van der Waals surface area (Å²) in [6.45, 7) is 0.463. The van der Waals surface area contributed by atoms with Gasteiger partial charge >= 0.3 is 0 Å². The van der Waals surface area contributed by atoms with Crippen LogP contribution in [0.1, 0.15) is 15.9 Å². The molecule has 31 heavy (non-hydrogen) atoms. The lowest BCUT2D eigenvalue weighted by molar-refractivity contribution is 0.0950. The molecule has 0 saturated heterocycles.